The van der Waals surface area contributed by atoms with Gasteiger partial charge in [0.25, 0.3) is 0 Å². The molecule has 1 aromatic carbocycles. The third-order valence-electron chi connectivity index (χ3n) is 4.09. The molecule has 0 spiro atoms. The van der Waals surface area contributed by atoms with Crippen molar-refractivity contribution in [2.75, 3.05) is 19.6 Å². The van der Waals surface area contributed by atoms with Gasteiger partial charge in [-0.15, -0.1) is 0 Å². The molecular formula is C17H24N2. The van der Waals surface area contributed by atoms with E-state index in [0.717, 1.165) is 19.1 Å². The van der Waals surface area contributed by atoms with Gasteiger partial charge in [-0.2, -0.15) is 0 Å². The molecule has 0 bridgehead atoms. The Morgan fingerprint density at radius 1 is 1.16 bits per heavy atom. The van der Waals surface area contributed by atoms with Gasteiger partial charge in [-0.25, -0.2) is 0 Å². The number of benzene rings is 1. The number of hydrogen-bond donors (Lipinski definition) is 1. The van der Waals surface area contributed by atoms with Crippen LogP contribution in [0.5, 0.6) is 0 Å². The summed E-state index contributed by atoms with van der Waals surface area (Å²) in [6.45, 7) is 4.60. The molecule has 1 heterocycles. The maximum atomic E-state index is 3.60. The van der Waals surface area contributed by atoms with Crippen molar-refractivity contribution >= 4 is 0 Å². The molecule has 2 nitrogen and oxygen atoms in total. The van der Waals surface area contributed by atoms with Crippen LogP contribution in [0.15, 0.2) is 42.0 Å². The second kappa shape index (κ2) is 6.36. The molecule has 1 aromatic rings. The van der Waals surface area contributed by atoms with Crippen LogP contribution in [0.3, 0.4) is 0 Å². The van der Waals surface area contributed by atoms with E-state index in [-0.39, 0.29) is 0 Å². The Morgan fingerprint density at radius 3 is 2.68 bits per heavy atom. The first-order chi connectivity index (χ1) is 9.40. The summed E-state index contributed by atoms with van der Waals surface area (Å²) in [6, 6.07) is 11.6. The monoisotopic (exact) mass is 256 g/mol. The summed E-state index contributed by atoms with van der Waals surface area (Å²) in [5.41, 5.74) is 3.08. The van der Waals surface area contributed by atoms with Gasteiger partial charge in [-0.3, -0.25) is 4.90 Å². The molecule has 0 atom stereocenters. The Morgan fingerprint density at radius 2 is 2.00 bits per heavy atom. The molecule has 19 heavy (non-hydrogen) atoms. The molecule has 2 aliphatic rings. The van der Waals surface area contributed by atoms with Gasteiger partial charge in [0.2, 0.25) is 0 Å². The molecule has 1 fully saturated rings. The third kappa shape index (κ3) is 4.19. The van der Waals surface area contributed by atoms with E-state index in [9.17, 15) is 0 Å². The van der Waals surface area contributed by atoms with E-state index < -0.39 is 0 Å². The Kier molecular flexibility index (Phi) is 4.31. The third-order valence-corrected chi connectivity index (χ3v) is 4.09. The molecule has 0 radical (unpaired) electrons. The minimum absolute atomic E-state index is 0.846. The number of nitrogens with zero attached hydrogens (tertiary/aromatic N) is 1. The van der Waals surface area contributed by atoms with Crippen LogP contribution in [0.2, 0.25) is 0 Å². The average molecular weight is 256 g/mol. The van der Waals surface area contributed by atoms with Crippen molar-refractivity contribution in [3.63, 3.8) is 0 Å². The fourth-order valence-electron chi connectivity index (χ4n) is 2.69. The predicted molar refractivity (Wildman–Crippen MR) is 80.1 cm³/mol. The van der Waals surface area contributed by atoms with E-state index in [1.165, 1.54) is 44.3 Å². The van der Waals surface area contributed by atoms with Crippen LogP contribution in [-0.4, -0.2) is 30.6 Å². The molecule has 1 aliphatic carbocycles. The van der Waals surface area contributed by atoms with Crippen LogP contribution in [0, 0.1) is 0 Å². The molecule has 2 heteroatoms. The van der Waals surface area contributed by atoms with E-state index in [0.29, 0.717) is 0 Å². The van der Waals surface area contributed by atoms with Gasteiger partial charge < -0.3 is 5.32 Å². The van der Waals surface area contributed by atoms with Gasteiger partial charge in [0.05, 0.1) is 0 Å². The minimum atomic E-state index is 0.846. The van der Waals surface area contributed by atoms with Crippen molar-refractivity contribution in [3.05, 3.63) is 47.5 Å². The van der Waals surface area contributed by atoms with E-state index in [1.54, 1.807) is 5.57 Å². The highest BCUT2D eigenvalue weighted by molar-refractivity contribution is 5.16. The molecule has 1 N–H and O–H groups in total. The molecule has 1 aliphatic heterocycles. The van der Waals surface area contributed by atoms with Crippen molar-refractivity contribution < 1.29 is 0 Å². The lowest BCUT2D eigenvalue weighted by Crippen LogP contribution is -2.29. The Bertz CT molecular complexity index is 420. The summed E-state index contributed by atoms with van der Waals surface area (Å²) in [4.78, 5) is 2.53. The zero-order valence-electron chi connectivity index (χ0n) is 11.6. The summed E-state index contributed by atoms with van der Waals surface area (Å²) >= 11 is 0. The van der Waals surface area contributed by atoms with Crippen LogP contribution >= 0.6 is 0 Å². The van der Waals surface area contributed by atoms with E-state index in [1.807, 2.05) is 0 Å². The minimum Gasteiger partial charge on any atom is -0.314 e. The number of hydrogen-bond acceptors (Lipinski definition) is 2. The molecule has 0 aromatic heterocycles. The van der Waals surface area contributed by atoms with Crippen LogP contribution in [-0.2, 0) is 6.54 Å². The summed E-state index contributed by atoms with van der Waals surface area (Å²) in [7, 11) is 0. The largest absolute Gasteiger partial charge is 0.314 e. The normalized spacial score (nSPS) is 20.3. The molecule has 0 amide bonds. The molecular weight excluding hydrogens is 232 g/mol. The summed E-state index contributed by atoms with van der Waals surface area (Å²) in [5, 5.41) is 3.60. The van der Waals surface area contributed by atoms with Crippen molar-refractivity contribution in [1.82, 2.24) is 10.2 Å². The van der Waals surface area contributed by atoms with E-state index >= 15 is 0 Å². The first-order valence-corrected chi connectivity index (χ1v) is 7.58. The van der Waals surface area contributed by atoms with Crippen molar-refractivity contribution in [2.45, 2.75) is 38.3 Å². The van der Waals surface area contributed by atoms with Gasteiger partial charge in [0.1, 0.15) is 0 Å². The van der Waals surface area contributed by atoms with Crippen LogP contribution < -0.4 is 5.32 Å². The van der Waals surface area contributed by atoms with Gasteiger partial charge in [0.15, 0.2) is 0 Å². The van der Waals surface area contributed by atoms with Crippen LogP contribution in [0.4, 0.5) is 0 Å². The average Bonchev–Trinajstić information content (AvgIpc) is 3.26. The summed E-state index contributed by atoms with van der Waals surface area (Å²) < 4.78 is 0. The van der Waals surface area contributed by atoms with Gasteiger partial charge in [-0.1, -0.05) is 42.0 Å². The second-order valence-electron chi connectivity index (χ2n) is 5.81. The van der Waals surface area contributed by atoms with Crippen molar-refractivity contribution in [3.8, 4) is 0 Å². The fraction of sp³-hybridized carbons (Fsp3) is 0.529. The molecule has 0 saturated heterocycles. The first kappa shape index (κ1) is 12.9. The molecule has 102 valence electrons. The Balaban J connectivity index is 1.41. The first-order valence-electron chi connectivity index (χ1n) is 7.58. The zero-order chi connectivity index (χ0) is 12.9. The highest BCUT2D eigenvalue weighted by atomic mass is 15.1. The van der Waals surface area contributed by atoms with Crippen molar-refractivity contribution in [1.29, 1.82) is 0 Å². The predicted octanol–water partition coefficient (Wildman–Crippen LogP) is 2.96. The summed E-state index contributed by atoms with van der Waals surface area (Å²) in [6.07, 6.45) is 7.73. The summed E-state index contributed by atoms with van der Waals surface area (Å²) in [5.74, 6) is 0. The highest BCUT2D eigenvalue weighted by Gasteiger charge is 2.20. The van der Waals surface area contributed by atoms with E-state index in [2.05, 4.69) is 46.6 Å². The van der Waals surface area contributed by atoms with E-state index in [4.69, 9.17) is 0 Å². The molecule has 1 saturated carbocycles. The zero-order valence-corrected chi connectivity index (χ0v) is 11.6. The highest BCUT2D eigenvalue weighted by Crippen LogP contribution is 2.20. The molecule has 3 rings (SSSR count). The SMILES string of the molecule is C1=C(CCNC2CC2)CCN(Cc2ccccc2)C1. The Labute approximate surface area is 116 Å². The van der Waals surface area contributed by atoms with Crippen molar-refractivity contribution in [2.24, 2.45) is 0 Å². The van der Waals surface area contributed by atoms with Crippen LogP contribution in [0.25, 0.3) is 0 Å². The lowest BCUT2D eigenvalue weighted by molar-refractivity contribution is 0.284. The maximum absolute atomic E-state index is 3.60. The van der Waals surface area contributed by atoms with Gasteiger partial charge in [0, 0.05) is 25.7 Å². The second-order valence-corrected chi connectivity index (χ2v) is 5.81. The standard InChI is InChI=1S/C17H24N2/c1-2-4-16(5-3-1)14-19-12-9-15(10-13-19)8-11-18-17-6-7-17/h1-5,9,17-18H,6-8,10-14H2. The number of nitrogens with one attached hydrogen (secondary N) is 1. The fourth-order valence-corrected chi connectivity index (χ4v) is 2.69. The smallest absolute Gasteiger partial charge is 0.0237 e. The van der Waals surface area contributed by atoms with Gasteiger partial charge in [-0.05, 0) is 37.8 Å². The Hall–Kier alpha value is -1.12. The quantitative estimate of drug-likeness (QED) is 0.787. The number of rotatable bonds is 6. The topological polar surface area (TPSA) is 15.3 Å². The lowest BCUT2D eigenvalue weighted by atomic mass is 10.0. The lowest BCUT2D eigenvalue weighted by Gasteiger charge is -2.26. The molecule has 0 unspecified atom stereocenters. The maximum Gasteiger partial charge on any atom is 0.0237 e. The van der Waals surface area contributed by atoms with Gasteiger partial charge >= 0.3 is 0 Å². The van der Waals surface area contributed by atoms with Crippen LogP contribution in [0.1, 0.15) is 31.2 Å².